The van der Waals surface area contributed by atoms with Gasteiger partial charge >= 0.3 is 12.0 Å². The first-order valence-electron chi connectivity index (χ1n) is 4.83. The lowest BCUT2D eigenvalue weighted by atomic mass is 9.74. The SMILES string of the molecule is NC(=O)NCC1(C(=O)O)CCCCC1. The van der Waals surface area contributed by atoms with E-state index in [9.17, 15) is 9.59 Å². The zero-order valence-electron chi connectivity index (χ0n) is 8.08. The Balaban J connectivity index is 2.60. The number of hydrogen-bond donors (Lipinski definition) is 3. The van der Waals surface area contributed by atoms with Crippen molar-refractivity contribution in [3.63, 3.8) is 0 Å². The number of rotatable bonds is 3. The van der Waals surface area contributed by atoms with Gasteiger partial charge < -0.3 is 16.2 Å². The molecule has 0 radical (unpaired) electrons. The van der Waals surface area contributed by atoms with Gasteiger partial charge in [-0.25, -0.2) is 4.79 Å². The summed E-state index contributed by atoms with van der Waals surface area (Å²) in [5.74, 6) is -0.828. The maximum Gasteiger partial charge on any atom is 0.312 e. The van der Waals surface area contributed by atoms with Gasteiger partial charge in [0.2, 0.25) is 0 Å². The number of carbonyl (C=O) groups excluding carboxylic acids is 1. The molecule has 1 aliphatic rings. The van der Waals surface area contributed by atoms with Crippen molar-refractivity contribution in [1.29, 1.82) is 0 Å². The minimum absolute atomic E-state index is 0.150. The van der Waals surface area contributed by atoms with Gasteiger partial charge in [-0.1, -0.05) is 19.3 Å². The average Bonchev–Trinajstić information content (AvgIpc) is 2.16. The van der Waals surface area contributed by atoms with Gasteiger partial charge in [-0.05, 0) is 12.8 Å². The van der Waals surface area contributed by atoms with Crippen LogP contribution in [0.25, 0.3) is 0 Å². The number of hydrogen-bond acceptors (Lipinski definition) is 2. The number of carboxylic acids is 1. The molecule has 0 aromatic carbocycles. The number of aliphatic carboxylic acids is 1. The Morgan fingerprint density at radius 3 is 2.29 bits per heavy atom. The second-order valence-corrected chi connectivity index (χ2v) is 3.86. The molecule has 0 aliphatic heterocycles. The fourth-order valence-electron chi connectivity index (χ4n) is 1.95. The van der Waals surface area contributed by atoms with Crippen LogP contribution in [0, 0.1) is 5.41 Å². The van der Waals surface area contributed by atoms with E-state index in [0.717, 1.165) is 19.3 Å². The van der Waals surface area contributed by atoms with Crippen molar-refractivity contribution >= 4 is 12.0 Å². The van der Waals surface area contributed by atoms with Crippen LogP contribution < -0.4 is 11.1 Å². The molecule has 5 nitrogen and oxygen atoms in total. The quantitative estimate of drug-likeness (QED) is 0.625. The minimum atomic E-state index is -0.828. The number of nitrogens with two attached hydrogens (primary N) is 1. The van der Waals surface area contributed by atoms with Gasteiger partial charge in [-0.2, -0.15) is 0 Å². The van der Waals surface area contributed by atoms with Crippen LogP contribution in [0.4, 0.5) is 4.79 Å². The molecular formula is C9H16N2O3. The number of nitrogens with one attached hydrogen (secondary N) is 1. The van der Waals surface area contributed by atoms with Crippen molar-refractivity contribution in [3.8, 4) is 0 Å². The monoisotopic (exact) mass is 200 g/mol. The molecule has 0 bridgehead atoms. The molecule has 2 amide bonds. The van der Waals surface area contributed by atoms with Crippen molar-refractivity contribution < 1.29 is 14.7 Å². The molecule has 14 heavy (non-hydrogen) atoms. The van der Waals surface area contributed by atoms with Crippen LogP contribution >= 0.6 is 0 Å². The molecule has 0 aromatic heterocycles. The van der Waals surface area contributed by atoms with Gasteiger partial charge in [0, 0.05) is 6.54 Å². The Morgan fingerprint density at radius 2 is 1.86 bits per heavy atom. The van der Waals surface area contributed by atoms with Crippen LogP contribution in [0.5, 0.6) is 0 Å². The molecule has 0 aromatic rings. The van der Waals surface area contributed by atoms with E-state index < -0.39 is 17.4 Å². The minimum Gasteiger partial charge on any atom is -0.481 e. The van der Waals surface area contributed by atoms with Gasteiger partial charge in [0.15, 0.2) is 0 Å². The highest BCUT2D eigenvalue weighted by Gasteiger charge is 2.39. The van der Waals surface area contributed by atoms with Crippen LogP contribution in [0.1, 0.15) is 32.1 Å². The molecule has 0 heterocycles. The summed E-state index contributed by atoms with van der Waals surface area (Å²) in [5.41, 5.74) is 4.14. The topological polar surface area (TPSA) is 92.4 Å². The highest BCUT2D eigenvalue weighted by Crippen LogP contribution is 2.35. The molecule has 0 saturated heterocycles. The summed E-state index contributed by atoms with van der Waals surface area (Å²) in [5, 5.41) is 11.5. The Bertz CT molecular complexity index is 234. The van der Waals surface area contributed by atoms with Gasteiger partial charge in [-0.3, -0.25) is 4.79 Å². The second kappa shape index (κ2) is 4.30. The van der Waals surface area contributed by atoms with Crippen molar-refractivity contribution in [3.05, 3.63) is 0 Å². The third-order valence-corrected chi connectivity index (χ3v) is 2.87. The smallest absolute Gasteiger partial charge is 0.312 e. The maximum absolute atomic E-state index is 11.1. The van der Waals surface area contributed by atoms with Gasteiger partial charge in [0.1, 0.15) is 0 Å². The first kappa shape index (κ1) is 10.8. The van der Waals surface area contributed by atoms with Crippen LogP contribution in [0.3, 0.4) is 0 Å². The average molecular weight is 200 g/mol. The van der Waals surface area contributed by atoms with Gasteiger partial charge in [0.25, 0.3) is 0 Å². The van der Waals surface area contributed by atoms with E-state index in [0.29, 0.717) is 12.8 Å². The highest BCUT2D eigenvalue weighted by molar-refractivity contribution is 5.77. The van der Waals surface area contributed by atoms with E-state index in [1.165, 1.54) is 0 Å². The van der Waals surface area contributed by atoms with Crippen molar-refractivity contribution in [1.82, 2.24) is 5.32 Å². The summed E-state index contributed by atoms with van der Waals surface area (Å²) in [6.45, 7) is 0.150. The molecule has 1 saturated carbocycles. The molecule has 5 heteroatoms. The number of carboxylic acid groups (broad SMARTS) is 1. The second-order valence-electron chi connectivity index (χ2n) is 3.86. The van der Waals surface area contributed by atoms with Gasteiger partial charge in [0.05, 0.1) is 5.41 Å². The first-order valence-corrected chi connectivity index (χ1v) is 4.83. The highest BCUT2D eigenvalue weighted by atomic mass is 16.4. The lowest BCUT2D eigenvalue weighted by Crippen LogP contribution is -2.45. The normalized spacial score (nSPS) is 20.0. The zero-order chi connectivity index (χ0) is 10.6. The zero-order valence-corrected chi connectivity index (χ0v) is 8.08. The summed E-state index contributed by atoms with van der Waals surface area (Å²) < 4.78 is 0. The Labute approximate surface area is 82.7 Å². The molecule has 1 rings (SSSR count). The van der Waals surface area contributed by atoms with Crippen LogP contribution in [0.2, 0.25) is 0 Å². The number of carbonyl (C=O) groups is 2. The molecule has 1 fully saturated rings. The van der Waals surface area contributed by atoms with E-state index in [-0.39, 0.29) is 6.54 Å². The summed E-state index contributed by atoms with van der Waals surface area (Å²) in [7, 11) is 0. The van der Waals surface area contributed by atoms with E-state index in [4.69, 9.17) is 10.8 Å². The first-order chi connectivity index (χ1) is 6.57. The summed E-state index contributed by atoms with van der Waals surface area (Å²) in [4.78, 5) is 21.6. The lowest BCUT2D eigenvalue weighted by molar-refractivity contribution is -0.150. The molecule has 0 unspecified atom stereocenters. The predicted octanol–water partition coefficient (Wildman–Crippen LogP) is 0.690. The van der Waals surface area contributed by atoms with Gasteiger partial charge in [-0.15, -0.1) is 0 Å². The lowest BCUT2D eigenvalue weighted by Gasteiger charge is -2.32. The van der Waals surface area contributed by atoms with E-state index in [2.05, 4.69) is 5.32 Å². The molecular weight excluding hydrogens is 184 g/mol. The number of urea groups is 1. The Morgan fingerprint density at radius 1 is 1.29 bits per heavy atom. The number of primary amides is 1. The summed E-state index contributed by atoms with van der Waals surface area (Å²) >= 11 is 0. The Kier molecular flexibility index (Phi) is 3.33. The van der Waals surface area contributed by atoms with Crippen molar-refractivity contribution in [2.75, 3.05) is 6.54 Å². The van der Waals surface area contributed by atoms with E-state index in [1.807, 2.05) is 0 Å². The fourth-order valence-corrected chi connectivity index (χ4v) is 1.95. The van der Waals surface area contributed by atoms with E-state index in [1.54, 1.807) is 0 Å². The number of amides is 2. The molecule has 1 aliphatic carbocycles. The third kappa shape index (κ3) is 2.37. The molecule has 0 spiro atoms. The molecule has 0 atom stereocenters. The maximum atomic E-state index is 11.1. The van der Waals surface area contributed by atoms with E-state index >= 15 is 0 Å². The van der Waals surface area contributed by atoms with Crippen molar-refractivity contribution in [2.24, 2.45) is 11.1 Å². The van der Waals surface area contributed by atoms with Crippen LogP contribution in [0.15, 0.2) is 0 Å². The Hall–Kier alpha value is -1.26. The van der Waals surface area contributed by atoms with Crippen LogP contribution in [-0.2, 0) is 4.79 Å². The third-order valence-electron chi connectivity index (χ3n) is 2.87. The van der Waals surface area contributed by atoms with Crippen molar-refractivity contribution in [2.45, 2.75) is 32.1 Å². The summed E-state index contributed by atoms with van der Waals surface area (Å²) in [6.07, 6.45) is 4.15. The fraction of sp³-hybridized carbons (Fsp3) is 0.778. The standard InChI is InChI=1S/C9H16N2O3/c10-8(14)11-6-9(7(12)13)4-2-1-3-5-9/h1-6H2,(H,12,13)(H3,10,11,14). The molecule has 80 valence electrons. The summed E-state index contributed by atoms with van der Waals surface area (Å²) in [6, 6.07) is -0.656. The largest absolute Gasteiger partial charge is 0.481 e. The van der Waals surface area contributed by atoms with Crippen LogP contribution in [-0.4, -0.2) is 23.7 Å². The predicted molar refractivity (Wildman–Crippen MR) is 50.7 cm³/mol. The molecule has 4 N–H and O–H groups in total.